The minimum atomic E-state index is 0. The van der Waals surface area contributed by atoms with Gasteiger partial charge >= 0.3 is 45.5 Å². The second-order valence-corrected chi connectivity index (χ2v) is 1.41. The van der Waals surface area contributed by atoms with Crippen molar-refractivity contribution in [1.29, 1.82) is 0 Å². The molecule has 0 aliphatic heterocycles. The van der Waals surface area contributed by atoms with Crippen LogP contribution >= 0.6 is 0 Å². The fraction of sp³-hybridized carbons (Fsp3) is 1.00. The van der Waals surface area contributed by atoms with Crippen molar-refractivity contribution in [2.24, 2.45) is 0 Å². The molecule has 0 aromatic carbocycles. The van der Waals surface area contributed by atoms with Crippen LogP contribution in [-0.4, -0.2) is 58.7 Å². The summed E-state index contributed by atoms with van der Waals surface area (Å²) in [6.45, 7) is 3.88. The van der Waals surface area contributed by atoms with Crippen LogP contribution in [0.5, 0.6) is 0 Å². The van der Waals surface area contributed by atoms with Gasteiger partial charge in [0.25, 0.3) is 0 Å². The van der Waals surface area contributed by atoms with E-state index in [0.717, 1.165) is 12.8 Å². The summed E-state index contributed by atoms with van der Waals surface area (Å²) in [7, 11) is 0. The largest absolute Gasteiger partial charge is 2.00 e. The molecule has 0 unspecified atom stereocenters. The van der Waals surface area contributed by atoms with Gasteiger partial charge < -0.3 is 10.2 Å². The maximum Gasteiger partial charge on any atom is 2.00 e. The molecule has 9 heavy (non-hydrogen) atoms. The molecule has 0 aromatic heterocycles. The van der Waals surface area contributed by atoms with Crippen molar-refractivity contribution in [2.45, 2.75) is 26.7 Å². The minimum Gasteiger partial charge on any atom is -0.854 e. The summed E-state index contributed by atoms with van der Waals surface area (Å²) >= 11 is 0. The van der Waals surface area contributed by atoms with Crippen molar-refractivity contribution >= 4 is 45.5 Å². The van der Waals surface area contributed by atoms with E-state index in [9.17, 15) is 10.2 Å². The van der Waals surface area contributed by atoms with Gasteiger partial charge in [-0.3, -0.25) is 0 Å². The molecule has 0 aromatic rings. The number of hydrogen-bond acceptors (Lipinski definition) is 2. The molecule has 0 amide bonds. The predicted octanol–water partition coefficient (Wildman–Crippen LogP) is -0.867. The van der Waals surface area contributed by atoms with Crippen LogP contribution in [-0.2, 0) is 0 Å². The molecule has 0 bridgehead atoms. The van der Waals surface area contributed by atoms with Gasteiger partial charge in [0.1, 0.15) is 0 Å². The summed E-state index contributed by atoms with van der Waals surface area (Å²) in [5.74, 6) is 0. The molecule has 3 heteroatoms. The van der Waals surface area contributed by atoms with Crippen LogP contribution in [0.1, 0.15) is 26.7 Å². The van der Waals surface area contributed by atoms with Gasteiger partial charge in [-0.1, -0.05) is 26.7 Å². The summed E-state index contributed by atoms with van der Waals surface area (Å²) in [6.07, 6.45) is 1.53. The fourth-order valence-corrected chi connectivity index (χ4v) is 0. The Labute approximate surface area is 94.5 Å². The van der Waals surface area contributed by atoms with E-state index >= 15 is 0 Å². The molecular weight excluding hydrogens is 192 g/mol. The van der Waals surface area contributed by atoms with Gasteiger partial charge in [-0.05, 0) is 0 Å². The Morgan fingerprint density at radius 2 is 1.00 bits per heavy atom. The number of hydrogen-bond donors (Lipinski definition) is 0. The summed E-state index contributed by atoms with van der Waals surface area (Å²) in [5.41, 5.74) is 0. The zero-order chi connectivity index (χ0) is 6.83. The molecule has 0 aliphatic rings. The fourth-order valence-electron chi connectivity index (χ4n) is 0. The van der Waals surface area contributed by atoms with E-state index < -0.39 is 0 Å². The molecule has 0 aliphatic carbocycles. The Hall–Kier alpha value is 1.40. The molecule has 0 N–H and O–H groups in total. The summed E-state index contributed by atoms with van der Waals surface area (Å²) in [6, 6.07) is 0. The van der Waals surface area contributed by atoms with Crippen LogP contribution in [0.25, 0.3) is 0 Å². The molecule has 52 valence electrons. The molecule has 0 saturated carbocycles. The van der Waals surface area contributed by atoms with E-state index in [2.05, 4.69) is 0 Å². The van der Waals surface area contributed by atoms with E-state index in [1.165, 1.54) is 0 Å². The Kier molecular flexibility index (Phi) is 42.4. The standard InChI is InChI=1S/2C3H7O.Sr/c2*1-2-3-4;/h2*2-3H2,1H3;/q2*-1;+2. The molecule has 2 nitrogen and oxygen atoms in total. The van der Waals surface area contributed by atoms with Gasteiger partial charge in [-0.25, -0.2) is 0 Å². The van der Waals surface area contributed by atoms with Gasteiger partial charge in [0.2, 0.25) is 0 Å². The summed E-state index contributed by atoms with van der Waals surface area (Å²) < 4.78 is 0. The summed E-state index contributed by atoms with van der Waals surface area (Å²) in [5, 5.41) is 18.6. The van der Waals surface area contributed by atoms with Crippen LogP contribution in [0, 0.1) is 0 Å². The molecule has 0 fully saturated rings. The van der Waals surface area contributed by atoms with Crippen molar-refractivity contribution < 1.29 is 10.2 Å². The normalized spacial score (nSPS) is 6.67. The van der Waals surface area contributed by atoms with Gasteiger partial charge in [-0.2, -0.15) is 0 Å². The van der Waals surface area contributed by atoms with Crippen molar-refractivity contribution in [3.8, 4) is 0 Å². The summed E-state index contributed by atoms with van der Waals surface area (Å²) in [4.78, 5) is 0. The van der Waals surface area contributed by atoms with Crippen LogP contribution in [0.15, 0.2) is 0 Å². The third-order valence-corrected chi connectivity index (χ3v) is 0.408. The van der Waals surface area contributed by atoms with E-state index in [1.54, 1.807) is 0 Å². The predicted molar refractivity (Wildman–Crippen MR) is 36.1 cm³/mol. The van der Waals surface area contributed by atoms with Crippen LogP contribution in [0.4, 0.5) is 0 Å². The topological polar surface area (TPSA) is 46.1 Å². The average Bonchev–Trinajstić information content (AvgIpc) is 1.88. The minimum absolute atomic E-state index is 0. The Balaban J connectivity index is -0.0000000720. The Bertz CT molecular complexity index is 19.0. The van der Waals surface area contributed by atoms with Crippen molar-refractivity contribution in [2.75, 3.05) is 13.2 Å². The second kappa shape index (κ2) is 22.7. The first-order valence-electron chi connectivity index (χ1n) is 2.99. The van der Waals surface area contributed by atoms with Gasteiger partial charge in [-0.15, -0.1) is 13.2 Å². The van der Waals surface area contributed by atoms with E-state index in [-0.39, 0.29) is 58.7 Å². The quantitative estimate of drug-likeness (QED) is 0.551. The first-order chi connectivity index (χ1) is 3.83. The maximum absolute atomic E-state index is 9.30. The third kappa shape index (κ3) is 44.5. The van der Waals surface area contributed by atoms with E-state index in [4.69, 9.17) is 0 Å². The van der Waals surface area contributed by atoms with Crippen molar-refractivity contribution in [1.82, 2.24) is 0 Å². The van der Waals surface area contributed by atoms with Gasteiger partial charge in [0, 0.05) is 0 Å². The molecule has 0 spiro atoms. The van der Waals surface area contributed by atoms with Crippen molar-refractivity contribution in [3.05, 3.63) is 0 Å². The van der Waals surface area contributed by atoms with Crippen LogP contribution in [0.2, 0.25) is 0 Å². The first kappa shape index (κ1) is 16.8. The zero-order valence-corrected chi connectivity index (χ0v) is 9.83. The third-order valence-electron chi connectivity index (χ3n) is 0.408. The van der Waals surface area contributed by atoms with Gasteiger partial charge in [0.15, 0.2) is 0 Å². The zero-order valence-electron chi connectivity index (χ0n) is 6.35. The molecular formula is C6H14O2Sr. The smallest absolute Gasteiger partial charge is 0.854 e. The molecule has 0 saturated heterocycles. The second-order valence-electron chi connectivity index (χ2n) is 1.41. The van der Waals surface area contributed by atoms with E-state index in [0.29, 0.717) is 0 Å². The number of rotatable bonds is 2. The van der Waals surface area contributed by atoms with E-state index in [1.807, 2.05) is 13.8 Å². The van der Waals surface area contributed by atoms with Crippen LogP contribution < -0.4 is 10.2 Å². The molecule has 0 heterocycles. The maximum atomic E-state index is 9.30. The monoisotopic (exact) mass is 206 g/mol. The average molecular weight is 206 g/mol. The van der Waals surface area contributed by atoms with Crippen molar-refractivity contribution in [3.63, 3.8) is 0 Å². The molecule has 0 atom stereocenters. The Morgan fingerprint density at radius 1 is 0.889 bits per heavy atom. The van der Waals surface area contributed by atoms with Crippen LogP contribution in [0.3, 0.4) is 0 Å². The SMILES string of the molecule is CCC[O-].CCC[O-].[Sr+2]. The Morgan fingerprint density at radius 3 is 1.00 bits per heavy atom. The van der Waals surface area contributed by atoms with Gasteiger partial charge in [0.05, 0.1) is 0 Å². The molecule has 0 rings (SSSR count). The molecule has 0 radical (unpaired) electrons. The first-order valence-corrected chi connectivity index (χ1v) is 2.99.